The lowest BCUT2D eigenvalue weighted by atomic mass is 9.98. The van der Waals surface area contributed by atoms with E-state index in [1.54, 1.807) is 27.7 Å². The summed E-state index contributed by atoms with van der Waals surface area (Å²) in [4.78, 5) is 49.2. The van der Waals surface area contributed by atoms with Gasteiger partial charge in [-0.3, -0.25) is 19.4 Å². The van der Waals surface area contributed by atoms with E-state index in [0.717, 1.165) is 6.20 Å². The van der Waals surface area contributed by atoms with Crippen molar-refractivity contribution in [1.29, 1.82) is 0 Å². The molecule has 1 aromatic heterocycles. The van der Waals surface area contributed by atoms with E-state index in [0.29, 0.717) is 4.68 Å². The Bertz CT molecular complexity index is 871. The molecule has 2 rings (SSSR count). The number of hydrogen-bond acceptors (Lipinski definition) is 8. The van der Waals surface area contributed by atoms with E-state index < -0.39 is 71.6 Å². The van der Waals surface area contributed by atoms with E-state index in [-0.39, 0.29) is 0 Å². The van der Waals surface area contributed by atoms with Crippen molar-refractivity contribution in [3.8, 4) is 0 Å². The largest absolute Gasteiger partial charge is 0.462 e. The van der Waals surface area contributed by atoms with Crippen LogP contribution in [0.2, 0.25) is 0 Å². The standard InChI is InChI=1S/C17H23ClFN3O7/c1-8(2)14(24)27-7-17(6-18)12(28-15(25)9(3)4)11(19)13(29-17)22-16(26)21-10(23)5-20-22/h5,8-9,11-13H,6-7H2,1-4H3,(H,21,23,26)/t11-,12+,13?,17-/m1/s1. The van der Waals surface area contributed by atoms with Crippen LogP contribution in [0.4, 0.5) is 4.39 Å². The number of alkyl halides is 2. The number of aromatic amines is 1. The molecule has 1 N–H and O–H groups in total. The second-order valence-corrected chi connectivity index (χ2v) is 7.58. The molecule has 0 aromatic carbocycles. The number of ether oxygens (including phenoxy) is 3. The van der Waals surface area contributed by atoms with Crippen LogP contribution in [0.3, 0.4) is 0 Å². The van der Waals surface area contributed by atoms with Gasteiger partial charge in [0.15, 0.2) is 24.1 Å². The second kappa shape index (κ2) is 9.04. The maximum Gasteiger partial charge on any atom is 0.347 e. The molecule has 10 nitrogen and oxygen atoms in total. The Kier molecular flexibility index (Phi) is 7.17. The smallest absolute Gasteiger partial charge is 0.347 e. The van der Waals surface area contributed by atoms with Crippen molar-refractivity contribution in [3.05, 3.63) is 27.0 Å². The first-order chi connectivity index (χ1) is 13.5. The minimum absolute atomic E-state index is 0.413. The number of H-pyrrole nitrogens is 1. The molecule has 0 saturated carbocycles. The number of rotatable bonds is 7. The van der Waals surface area contributed by atoms with Crippen LogP contribution in [0.1, 0.15) is 33.9 Å². The molecule has 0 amide bonds. The number of halogens is 2. The summed E-state index contributed by atoms with van der Waals surface area (Å²) in [5, 5.41) is 3.59. The minimum atomic E-state index is -2.08. The molecule has 12 heteroatoms. The van der Waals surface area contributed by atoms with Crippen molar-refractivity contribution in [3.63, 3.8) is 0 Å². The second-order valence-electron chi connectivity index (χ2n) is 7.31. The zero-order valence-corrected chi connectivity index (χ0v) is 17.1. The van der Waals surface area contributed by atoms with Gasteiger partial charge >= 0.3 is 17.6 Å². The molecular formula is C17H23ClFN3O7. The van der Waals surface area contributed by atoms with Gasteiger partial charge in [-0.1, -0.05) is 27.7 Å². The van der Waals surface area contributed by atoms with Gasteiger partial charge in [0.1, 0.15) is 12.8 Å². The number of carbonyl (C=O) groups excluding carboxylic acids is 2. The van der Waals surface area contributed by atoms with E-state index in [4.69, 9.17) is 25.8 Å². The van der Waals surface area contributed by atoms with E-state index in [2.05, 4.69) is 5.10 Å². The van der Waals surface area contributed by atoms with Gasteiger partial charge in [0.2, 0.25) is 0 Å². The molecule has 0 radical (unpaired) electrons. The van der Waals surface area contributed by atoms with Gasteiger partial charge < -0.3 is 14.2 Å². The highest BCUT2D eigenvalue weighted by Crippen LogP contribution is 2.41. The lowest BCUT2D eigenvalue weighted by Crippen LogP contribution is -2.51. The van der Waals surface area contributed by atoms with Crippen LogP contribution in [0.5, 0.6) is 0 Å². The third kappa shape index (κ3) is 4.84. The Balaban J connectivity index is 2.43. The first-order valence-corrected chi connectivity index (χ1v) is 9.49. The quantitative estimate of drug-likeness (QED) is 0.485. The van der Waals surface area contributed by atoms with Crippen LogP contribution in [-0.2, 0) is 23.8 Å². The summed E-state index contributed by atoms with van der Waals surface area (Å²) in [6.07, 6.45) is -4.56. The number of esters is 2. The number of carbonyl (C=O) groups is 2. The minimum Gasteiger partial charge on any atom is -0.462 e. The lowest BCUT2D eigenvalue weighted by Gasteiger charge is -2.31. The fourth-order valence-electron chi connectivity index (χ4n) is 2.60. The zero-order valence-electron chi connectivity index (χ0n) is 16.4. The lowest BCUT2D eigenvalue weighted by molar-refractivity contribution is -0.177. The topological polar surface area (TPSA) is 130 Å². The van der Waals surface area contributed by atoms with Gasteiger partial charge in [0.05, 0.1) is 17.7 Å². The monoisotopic (exact) mass is 435 g/mol. The molecule has 1 saturated heterocycles. The molecule has 1 unspecified atom stereocenters. The molecule has 1 aliphatic rings. The van der Waals surface area contributed by atoms with E-state index in [9.17, 15) is 19.2 Å². The van der Waals surface area contributed by atoms with Crippen molar-refractivity contribution in [2.75, 3.05) is 12.5 Å². The summed E-state index contributed by atoms with van der Waals surface area (Å²) >= 11 is 6.03. The SMILES string of the molecule is CC(C)C(=O)OC[C@@]1(CCl)OC(n2ncc(=O)[nH]c2=O)[C@H](F)[C@@H]1OC(=O)C(C)C. The van der Waals surface area contributed by atoms with Crippen LogP contribution >= 0.6 is 11.6 Å². The molecule has 0 bridgehead atoms. The van der Waals surface area contributed by atoms with E-state index in [1.165, 1.54) is 0 Å². The number of nitrogens with zero attached hydrogens (tertiary/aromatic N) is 2. The Morgan fingerprint density at radius 1 is 1.31 bits per heavy atom. The maximum atomic E-state index is 15.3. The van der Waals surface area contributed by atoms with Crippen molar-refractivity contribution < 1.29 is 28.2 Å². The van der Waals surface area contributed by atoms with Gasteiger partial charge in [-0.2, -0.15) is 9.78 Å². The van der Waals surface area contributed by atoms with Crippen molar-refractivity contribution in [2.45, 2.75) is 51.8 Å². The van der Waals surface area contributed by atoms with Gasteiger partial charge in [-0.25, -0.2) is 9.18 Å². The average Bonchev–Trinajstić information content (AvgIpc) is 2.92. The van der Waals surface area contributed by atoms with Crippen LogP contribution < -0.4 is 11.2 Å². The van der Waals surface area contributed by atoms with Crippen LogP contribution in [0, 0.1) is 11.8 Å². The summed E-state index contributed by atoms with van der Waals surface area (Å²) in [7, 11) is 0. The average molecular weight is 436 g/mol. The van der Waals surface area contributed by atoms with E-state index in [1.807, 2.05) is 4.98 Å². The Morgan fingerprint density at radius 2 is 1.93 bits per heavy atom. The fraction of sp³-hybridized carbons (Fsp3) is 0.706. The maximum absolute atomic E-state index is 15.3. The highest BCUT2D eigenvalue weighted by Gasteiger charge is 2.60. The fourth-order valence-corrected chi connectivity index (χ4v) is 2.89. The zero-order chi connectivity index (χ0) is 21.9. The third-order valence-electron chi connectivity index (χ3n) is 4.29. The molecule has 4 atom stereocenters. The summed E-state index contributed by atoms with van der Waals surface area (Å²) in [5.41, 5.74) is -3.57. The number of hydrogen-bond donors (Lipinski definition) is 1. The van der Waals surface area contributed by atoms with Crippen LogP contribution in [0.25, 0.3) is 0 Å². The predicted octanol–water partition coefficient (Wildman–Crippen LogP) is 0.543. The number of aromatic nitrogens is 3. The van der Waals surface area contributed by atoms with Crippen LogP contribution in [-0.4, -0.2) is 57.1 Å². The normalized spacial score (nSPS) is 26.7. The van der Waals surface area contributed by atoms with Crippen LogP contribution in [0.15, 0.2) is 15.8 Å². The first-order valence-electron chi connectivity index (χ1n) is 8.95. The van der Waals surface area contributed by atoms with Gasteiger partial charge in [-0.15, -0.1) is 11.6 Å². The number of nitrogens with one attached hydrogen (secondary N) is 1. The highest BCUT2D eigenvalue weighted by atomic mass is 35.5. The Morgan fingerprint density at radius 3 is 2.45 bits per heavy atom. The molecule has 0 spiro atoms. The Labute approximate surface area is 170 Å². The Hall–Kier alpha value is -2.27. The molecule has 1 fully saturated rings. The van der Waals surface area contributed by atoms with Crippen molar-refractivity contribution >= 4 is 23.5 Å². The predicted molar refractivity (Wildman–Crippen MR) is 98.1 cm³/mol. The summed E-state index contributed by atoms with van der Waals surface area (Å²) in [6.45, 7) is 5.80. The highest BCUT2D eigenvalue weighted by molar-refractivity contribution is 6.18. The molecule has 1 aliphatic heterocycles. The summed E-state index contributed by atoms with van der Waals surface area (Å²) in [5.74, 6) is -2.79. The molecule has 1 aromatic rings. The molecule has 162 valence electrons. The van der Waals surface area contributed by atoms with Crippen molar-refractivity contribution in [2.24, 2.45) is 11.8 Å². The third-order valence-corrected chi connectivity index (χ3v) is 4.74. The molecule has 2 heterocycles. The van der Waals surface area contributed by atoms with E-state index >= 15 is 4.39 Å². The van der Waals surface area contributed by atoms with Gasteiger partial charge in [0.25, 0.3) is 5.56 Å². The first kappa shape index (κ1) is 23.0. The summed E-state index contributed by atoms with van der Waals surface area (Å²) in [6, 6.07) is 0. The molecular weight excluding hydrogens is 413 g/mol. The van der Waals surface area contributed by atoms with Gasteiger partial charge in [-0.05, 0) is 0 Å². The molecule has 29 heavy (non-hydrogen) atoms. The summed E-state index contributed by atoms with van der Waals surface area (Å²) < 4.78 is 32.0. The molecule has 0 aliphatic carbocycles. The van der Waals surface area contributed by atoms with Gasteiger partial charge in [0, 0.05) is 0 Å². The van der Waals surface area contributed by atoms with Crippen molar-refractivity contribution in [1.82, 2.24) is 14.8 Å².